The molecule has 3 aromatic carbocycles. The van der Waals surface area contributed by atoms with Gasteiger partial charge in [-0.05, 0) is 92.2 Å². The molecule has 10 heteroatoms. The predicted molar refractivity (Wildman–Crippen MR) is 156 cm³/mol. The second kappa shape index (κ2) is 12.0. The highest BCUT2D eigenvalue weighted by Crippen LogP contribution is 2.33. The van der Waals surface area contributed by atoms with E-state index < -0.39 is 17.8 Å². The Kier molecular flexibility index (Phi) is 8.70. The van der Waals surface area contributed by atoms with Crippen molar-refractivity contribution in [2.75, 3.05) is 23.0 Å². The highest BCUT2D eigenvalue weighted by molar-refractivity contribution is 7.81. The van der Waals surface area contributed by atoms with Crippen LogP contribution in [0.15, 0.2) is 66.2 Å². The van der Waals surface area contributed by atoms with Gasteiger partial charge in [-0.25, -0.2) is 4.79 Å². The number of hydrogen-bond donors (Lipinski definition) is 0. The van der Waals surface area contributed by atoms with Crippen molar-refractivity contribution in [1.29, 1.82) is 0 Å². The Balaban J connectivity index is 1.74. The van der Waals surface area contributed by atoms with Crippen molar-refractivity contribution in [2.45, 2.75) is 20.8 Å². The number of aryl methyl sites for hydroxylation is 2. The second-order valence-electron chi connectivity index (χ2n) is 8.65. The minimum Gasteiger partial charge on any atom is -0.482 e. The summed E-state index contributed by atoms with van der Waals surface area (Å²) in [5, 5.41) is 0.882. The summed E-state index contributed by atoms with van der Waals surface area (Å²) in [6.07, 6.45) is 1.48. The van der Waals surface area contributed by atoms with Crippen LogP contribution in [0.1, 0.15) is 23.6 Å². The molecule has 1 saturated heterocycles. The van der Waals surface area contributed by atoms with E-state index >= 15 is 0 Å². The molecule has 0 aliphatic carbocycles. The minimum absolute atomic E-state index is 0.0234. The van der Waals surface area contributed by atoms with Crippen molar-refractivity contribution in [3.63, 3.8) is 0 Å². The molecule has 0 N–H and O–H groups in total. The molecule has 1 aliphatic heterocycles. The van der Waals surface area contributed by atoms with Crippen LogP contribution < -0.4 is 14.5 Å². The summed E-state index contributed by atoms with van der Waals surface area (Å²) in [5.41, 5.74) is 2.95. The molecular weight excluding hydrogens is 559 g/mol. The fourth-order valence-electron chi connectivity index (χ4n) is 3.80. The molecule has 0 atom stereocenters. The Morgan fingerprint density at radius 1 is 0.872 bits per heavy atom. The second-order valence-corrected chi connectivity index (χ2v) is 9.83. The van der Waals surface area contributed by atoms with Crippen LogP contribution in [0.2, 0.25) is 10.0 Å². The quantitative estimate of drug-likeness (QED) is 0.141. The molecule has 1 aliphatic rings. The highest BCUT2D eigenvalue weighted by Gasteiger charge is 2.41. The van der Waals surface area contributed by atoms with Gasteiger partial charge in [0, 0.05) is 10.0 Å². The molecule has 0 unspecified atom stereocenters. The van der Waals surface area contributed by atoms with Gasteiger partial charge in [0.2, 0.25) is 0 Å². The van der Waals surface area contributed by atoms with Crippen LogP contribution in [-0.4, -0.2) is 36.1 Å². The van der Waals surface area contributed by atoms with Crippen LogP contribution >= 0.6 is 35.4 Å². The number of ether oxygens (including phenoxy) is 2. The summed E-state index contributed by atoms with van der Waals surface area (Å²) >= 11 is 18.4. The van der Waals surface area contributed by atoms with Gasteiger partial charge in [-0.1, -0.05) is 47.5 Å². The number of halogens is 2. The van der Waals surface area contributed by atoms with Gasteiger partial charge in [-0.15, -0.1) is 0 Å². The van der Waals surface area contributed by atoms with Crippen LogP contribution in [0, 0.1) is 13.8 Å². The first kappa shape index (κ1) is 28.3. The molecule has 0 bridgehead atoms. The van der Waals surface area contributed by atoms with E-state index in [1.165, 1.54) is 15.9 Å². The van der Waals surface area contributed by atoms with Gasteiger partial charge in [0.25, 0.3) is 11.8 Å². The largest absolute Gasteiger partial charge is 0.482 e. The van der Waals surface area contributed by atoms with Gasteiger partial charge in [-0.2, -0.15) is 0 Å². The number of carbonyl (C=O) groups is 3. The van der Waals surface area contributed by atoms with E-state index in [1.807, 2.05) is 13.8 Å². The minimum atomic E-state index is -0.595. The van der Waals surface area contributed by atoms with Gasteiger partial charge < -0.3 is 9.47 Å². The van der Waals surface area contributed by atoms with E-state index in [-0.39, 0.29) is 23.9 Å². The van der Waals surface area contributed by atoms with Crippen molar-refractivity contribution in [3.8, 4) is 5.75 Å². The first-order valence-corrected chi connectivity index (χ1v) is 13.1. The van der Waals surface area contributed by atoms with Gasteiger partial charge in [0.15, 0.2) is 11.7 Å². The third kappa shape index (κ3) is 6.14. The number of hydrogen-bond acceptors (Lipinski definition) is 6. The van der Waals surface area contributed by atoms with Crippen molar-refractivity contribution >= 4 is 75.8 Å². The SMILES string of the molecule is CCOC(=O)COc1ccc(C=C2C(=O)N(c3ccc(C)c(Cl)c3)C(=S)N(c3ccc(C)c(Cl)c3)C2=O)cc1. The molecule has 0 radical (unpaired) electrons. The Labute approximate surface area is 241 Å². The predicted octanol–water partition coefficient (Wildman–Crippen LogP) is 6.30. The Morgan fingerprint density at radius 2 is 1.38 bits per heavy atom. The maximum Gasteiger partial charge on any atom is 0.344 e. The van der Waals surface area contributed by atoms with Gasteiger partial charge >= 0.3 is 5.97 Å². The maximum atomic E-state index is 13.7. The number of thiocarbonyl (C=S) groups is 1. The van der Waals surface area contributed by atoms with E-state index in [0.29, 0.717) is 32.7 Å². The molecule has 2 amide bonds. The monoisotopic (exact) mass is 582 g/mol. The third-order valence-electron chi connectivity index (χ3n) is 5.93. The van der Waals surface area contributed by atoms with Crippen LogP contribution in [0.3, 0.4) is 0 Å². The topological polar surface area (TPSA) is 76.2 Å². The molecule has 0 spiro atoms. The van der Waals surface area contributed by atoms with Crippen LogP contribution in [0.25, 0.3) is 6.08 Å². The van der Waals surface area contributed by atoms with Crippen molar-refractivity contribution in [2.24, 2.45) is 0 Å². The zero-order chi connectivity index (χ0) is 28.3. The molecule has 0 aromatic heterocycles. The zero-order valence-electron chi connectivity index (χ0n) is 21.4. The number of carbonyl (C=O) groups excluding carboxylic acids is 3. The number of esters is 1. The van der Waals surface area contributed by atoms with Crippen LogP contribution in [0.4, 0.5) is 11.4 Å². The standard InChI is InChI=1S/C29H24Cl2N2O5S/c1-4-37-26(34)16-38-22-11-7-19(8-12-22)13-23-27(35)32(20-9-5-17(2)24(30)14-20)29(39)33(28(23)36)21-10-6-18(3)25(31)15-21/h5-15H,4,16H2,1-3H3. The highest BCUT2D eigenvalue weighted by atomic mass is 35.5. The maximum absolute atomic E-state index is 13.7. The molecule has 4 rings (SSSR count). The summed E-state index contributed by atoms with van der Waals surface area (Å²) in [6, 6.07) is 16.8. The van der Waals surface area contributed by atoms with Crippen molar-refractivity contribution in [1.82, 2.24) is 0 Å². The number of anilines is 2. The summed E-state index contributed by atoms with van der Waals surface area (Å²) in [5.74, 6) is -1.24. The van der Waals surface area contributed by atoms with Gasteiger partial charge in [-0.3, -0.25) is 19.4 Å². The summed E-state index contributed by atoms with van der Waals surface area (Å²) in [7, 11) is 0. The number of nitrogens with zero attached hydrogens (tertiary/aromatic N) is 2. The molecule has 1 heterocycles. The summed E-state index contributed by atoms with van der Waals surface area (Å²) in [4.78, 5) is 41.6. The van der Waals surface area contributed by atoms with Gasteiger partial charge in [0.1, 0.15) is 11.3 Å². The lowest BCUT2D eigenvalue weighted by molar-refractivity contribution is -0.145. The number of rotatable bonds is 7. The fourth-order valence-corrected chi connectivity index (χ4v) is 4.52. The Bertz CT molecular complexity index is 1430. The van der Waals surface area contributed by atoms with Gasteiger partial charge in [0.05, 0.1) is 18.0 Å². The molecule has 7 nitrogen and oxygen atoms in total. The van der Waals surface area contributed by atoms with Crippen LogP contribution in [-0.2, 0) is 19.1 Å². The fraction of sp³-hybridized carbons (Fsp3) is 0.172. The van der Waals surface area contributed by atoms with E-state index in [9.17, 15) is 14.4 Å². The van der Waals surface area contributed by atoms with E-state index in [4.69, 9.17) is 44.9 Å². The first-order valence-electron chi connectivity index (χ1n) is 12.0. The average Bonchev–Trinajstić information content (AvgIpc) is 2.90. The van der Waals surface area contributed by atoms with Crippen molar-refractivity contribution < 1.29 is 23.9 Å². The molecule has 39 heavy (non-hydrogen) atoms. The van der Waals surface area contributed by atoms with E-state index in [2.05, 4.69) is 0 Å². The third-order valence-corrected chi connectivity index (χ3v) is 7.11. The van der Waals surface area contributed by atoms with Crippen molar-refractivity contribution in [3.05, 3.63) is 93.0 Å². The number of amides is 2. The summed E-state index contributed by atoms with van der Waals surface area (Å²) < 4.78 is 10.3. The molecule has 0 saturated carbocycles. The first-order chi connectivity index (χ1) is 18.6. The lowest BCUT2D eigenvalue weighted by Crippen LogP contribution is -2.57. The van der Waals surface area contributed by atoms with Crippen LogP contribution in [0.5, 0.6) is 5.75 Å². The molecular formula is C29H24Cl2N2O5S. The Hall–Kier alpha value is -3.72. The lowest BCUT2D eigenvalue weighted by atomic mass is 10.0. The average molecular weight is 583 g/mol. The molecule has 3 aromatic rings. The lowest BCUT2D eigenvalue weighted by Gasteiger charge is -2.36. The molecule has 200 valence electrons. The molecule has 1 fully saturated rings. The summed E-state index contributed by atoms with van der Waals surface area (Å²) in [6.45, 7) is 5.43. The Morgan fingerprint density at radius 3 is 1.85 bits per heavy atom. The zero-order valence-corrected chi connectivity index (χ0v) is 23.7. The normalized spacial score (nSPS) is 13.6. The van der Waals surface area contributed by atoms with E-state index in [1.54, 1.807) is 67.6 Å². The van der Waals surface area contributed by atoms with E-state index in [0.717, 1.165) is 11.1 Å². The smallest absolute Gasteiger partial charge is 0.344 e. The number of benzene rings is 3.